The molecule has 1 aromatic heterocycles. The van der Waals surface area contributed by atoms with Crippen LogP contribution < -0.4 is 20.1 Å². The summed E-state index contributed by atoms with van der Waals surface area (Å²) in [5.74, 6) is 0.239. The average Bonchev–Trinajstić information content (AvgIpc) is 3.18. The Morgan fingerprint density at radius 2 is 1.68 bits per heavy atom. The van der Waals surface area contributed by atoms with Crippen LogP contribution in [-0.4, -0.2) is 23.6 Å². The van der Waals surface area contributed by atoms with Crippen molar-refractivity contribution in [2.75, 3.05) is 17.4 Å². The van der Waals surface area contributed by atoms with E-state index >= 15 is 0 Å². The van der Waals surface area contributed by atoms with Gasteiger partial charge < -0.3 is 20.1 Å². The molecule has 0 bridgehead atoms. The number of hydrogen-bond acceptors (Lipinski definition) is 5. The van der Waals surface area contributed by atoms with Crippen molar-refractivity contribution in [3.05, 3.63) is 77.1 Å². The van der Waals surface area contributed by atoms with Gasteiger partial charge in [0.2, 0.25) is 6.79 Å². The third-order valence-corrected chi connectivity index (χ3v) is 4.29. The summed E-state index contributed by atoms with van der Waals surface area (Å²) in [6.07, 6.45) is 3.18. The standard InChI is InChI=1S/C20H14ClN3O4/c21-16-8-13(9-17-18(16)28-11-27-17)20(26)23-14-5-3-12(4-6-14)19(25)24-15-2-1-7-22-10-15/h1-10H,11H2,(H,23,26)(H,24,25). The first-order chi connectivity index (χ1) is 13.6. The van der Waals surface area contributed by atoms with Crippen LogP contribution in [0.25, 0.3) is 0 Å². The van der Waals surface area contributed by atoms with Gasteiger partial charge in [0.25, 0.3) is 11.8 Å². The van der Waals surface area contributed by atoms with E-state index in [1.54, 1.807) is 54.9 Å². The number of nitrogens with zero attached hydrogens (tertiary/aromatic N) is 1. The highest BCUT2D eigenvalue weighted by atomic mass is 35.5. The van der Waals surface area contributed by atoms with E-state index in [0.29, 0.717) is 39.0 Å². The Hall–Kier alpha value is -3.58. The highest BCUT2D eigenvalue weighted by Crippen LogP contribution is 2.39. The molecule has 0 saturated heterocycles. The second kappa shape index (κ2) is 7.58. The van der Waals surface area contributed by atoms with Crippen LogP contribution in [0.2, 0.25) is 5.02 Å². The van der Waals surface area contributed by atoms with Crippen molar-refractivity contribution in [2.24, 2.45) is 0 Å². The average molecular weight is 396 g/mol. The van der Waals surface area contributed by atoms with Crippen LogP contribution in [0.1, 0.15) is 20.7 Å². The molecule has 0 spiro atoms. The van der Waals surface area contributed by atoms with E-state index in [-0.39, 0.29) is 18.6 Å². The van der Waals surface area contributed by atoms with Crippen LogP contribution in [0.5, 0.6) is 11.5 Å². The number of carbonyl (C=O) groups excluding carboxylic acids is 2. The van der Waals surface area contributed by atoms with Gasteiger partial charge >= 0.3 is 0 Å². The van der Waals surface area contributed by atoms with Crippen molar-refractivity contribution in [3.63, 3.8) is 0 Å². The zero-order valence-electron chi connectivity index (χ0n) is 14.4. The highest BCUT2D eigenvalue weighted by molar-refractivity contribution is 6.32. The smallest absolute Gasteiger partial charge is 0.255 e. The van der Waals surface area contributed by atoms with Crippen molar-refractivity contribution in [2.45, 2.75) is 0 Å². The Balaban J connectivity index is 1.44. The SMILES string of the molecule is O=C(Nc1cccnc1)c1ccc(NC(=O)c2cc(Cl)c3c(c2)OCO3)cc1. The fourth-order valence-electron chi connectivity index (χ4n) is 2.65. The summed E-state index contributed by atoms with van der Waals surface area (Å²) in [5.41, 5.74) is 1.93. The van der Waals surface area contributed by atoms with E-state index in [2.05, 4.69) is 15.6 Å². The lowest BCUT2D eigenvalue weighted by Crippen LogP contribution is -2.14. The maximum absolute atomic E-state index is 12.5. The Morgan fingerprint density at radius 1 is 0.929 bits per heavy atom. The second-order valence-electron chi connectivity index (χ2n) is 5.92. The second-order valence-corrected chi connectivity index (χ2v) is 6.33. The van der Waals surface area contributed by atoms with Crippen LogP contribution >= 0.6 is 11.6 Å². The molecule has 0 atom stereocenters. The number of hydrogen-bond donors (Lipinski definition) is 2. The van der Waals surface area contributed by atoms with Crippen LogP contribution in [-0.2, 0) is 0 Å². The van der Waals surface area contributed by atoms with E-state index < -0.39 is 0 Å². The molecule has 28 heavy (non-hydrogen) atoms. The third-order valence-electron chi connectivity index (χ3n) is 4.01. The van der Waals surface area contributed by atoms with Crippen molar-refractivity contribution in [1.82, 2.24) is 4.98 Å². The number of ether oxygens (including phenoxy) is 2. The quantitative estimate of drug-likeness (QED) is 0.697. The van der Waals surface area contributed by atoms with Crippen LogP contribution in [0.4, 0.5) is 11.4 Å². The predicted molar refractivity (Wildman–Crippen MR) is 104 cm³/mol. The fraction of sp³-hybridized carbons (Fsp3) is 0.0500. The number of nitrogens with one attached hydrogen (secondary N) is 2. The Morgan fingerprint density at radius 3 is 2.43 bits per heavy atom. The van der Waals surface area contributed by atoms with Crippen LogP contribution in [0.3, 0.4) is 0 Å². The number of carbonyl (C=O) groups is 2. The van der Waals surface area contributed by atoms with E-state index in [1.165, 1.54) is 6.07 Å². The van der Waals surface area contributed by atoms with E-state index in [9.17, 15) is 9.59 Å². The van der Waals surface area contributed by atoms with Crippen molar-refractivity contribution in [1.29, 1.82) is 0 Å². The maximum Gasteiger partial charge on any atom is 0.255 e. The number of anilines is 2. The third kappa shape index (κ3) is 3.74. The minimum Gasteiger partial charge on any atom is -0.454 e. The molecule has 0 radical (unpaired) electrons. The lowest BCUT2D eigenvalue weighted by Gasteiger charge is -2.08. The fourth-order valence-corrected chi connectivity index (χ4v) is 2.91. The molecule has 7 nitrogen and oxygen atoms in total. The summed E-state index contributed by atoms with van der Waals surface area (Å²) >= 11 is 6.11. The summed E-state index contributed by atoms with van der Waals surface area (Å²) in [7, 11) is 0. The van der Waals surface area contributed by atoms with Gasteiger partial charge in [-0.3, -0.25) is 14.6 Å². The van der Waals surface area contributed by atoms with E-state index in [4.69, 9.17) is 21.1 Å². The number of aromatic nitrogens is 1. The molecule has 2 amide bonds. The Bertz CT molecular complexity index is 1040. The van der Waals surface area contributed by atoms with Crippen molar-refractivity contribution in [3.8, 4) is 11.5 Å². The normalized spacial score (nSPS) is 11.8. The van der Waals surface area contributed by atoms with Crippen molar-refractivity contribution >= 4 is 34.8 Å². The molecule has 0 aliphatic carbocycles. The van der Waals surface area contributed by atoms with Crippen LogP contribution in [0, 0.1) is 0 Å². The molecule has 1 aliphatic heterocycles. The van der Waals surface area contributed by atoms with Gasteiger partial charge in [0.1, 0.15) is 0 Å². The number of amides is 2. The number of benzene rings is 2. The molecule has 0 unspecified atom stereocenters. The summed E-state index contributed by atoms with van der Waals surface area (Å²) < 4.78 is 10.5. The molecule has 2 heterocycles. The lowest BCUT2D eigenvalue weighted by atomic mass is 10.1. The lowest BCUT2D eigenvalue weighted by molar-refractivity contribution is 0.101. The van der Waals surface area contributed by atoms with Gasteiger partial charge in [0.15, 0.2) is 11.5 Å². The maximum atomic E-state index is 12.5. The summed E-state index contributed by atoms with van der Waals surface area (Å²) in [6.45, 7) is 0.0721. The van der Waals surface area contributed by atoms with Gasteiger partial charge in [0.05, 0.1) is 16.9 Å². The molecule has 2 N–H and O–H groups in total. The molecule has 3 aromatic rings. The topological polar surface area (TPSA) is 89.6 Å². The molecule has 0 saturated carbocycles. The van der Waals surface area contributed by atoms with E-state index in [1.807, 2.05) is 0 Å². The monoisotopic (exact) mass is 395 g/mol. The molecule has 2 aromatic carbocycles. The molecule has 4 rings (SSSR count). The molecular formula is C20H14ClN3O4. The molecule has 1 aliphatic rings. The summed E-state index contributed by atoms with van der Waals surface area (Å²) in [6, 6.07) is 13.1. The van der Waals surface area contributed by atoms with Gasteiger partial charge in [-0.05, 0) is 48.5 Å². The largest absolute Gasteiger partial charge is 0.454 e. The Kier molecular flexibility index (Phi) is 4.82. The summed E-state index contributed by atoms with van der Waals surface area (Å²) in [5, 5.41) is 5.81. The van der Waals surface area contributed by atoms with Gasteiger partial charge in [-0.2, -0.15) is 0 Å². The molecule has 140 valence electrons. The highest BCUT2D eigenvalue weighted by Gasteiger charge is 2.20. The minimum absolute atomic E-state index is 0.0721. The zero-order chi connectivity index (χ0) is 19.5. The van der Waals surface area contributed by atoms with Gasteiger partial charge in [-0.15, -0.1) is 0 Å². The van der Waals surface area contributed by atoms with Gasteiger partial charge in [-0.1, -0.05) is 11.6 Å². The number of halogens is 1. The van der Waals surface area contributed by atoms with E-state index in [0.717, 1.165) is 0 Å². The number of fused-ring (bicyclic) bond motifs is 1. The van der Waals surface area contributed by atoms with Gasteiger partial charge in [-0.25, -0.2) is 0 Å². The summed E-state index contributed by atoms with van der Waals surface area (Å²) in [4.78, 5) is 28.7. The van der Waals surface area contributed by atoms with Gasteiger partial charge in [0, 0.05) is 23.0 Å². The number of rotatable bonds is 4. The molecular weight excluding hydrogens is 382 g/mol. The first kappa shape index (κ1) is 17.8. The molecule has 8 heteroatoms. The minimum atomic E-state index is -0.354. The number of pyridine rings is 1. The first-order valence-electron chi connectivity index (χ1n) is 8.32. The predicted octanol–water partition coefficient (Wildman–Crippen LogP) is 3.97. The zero-order valence-corrected chi connectivity index (χ0v) is 15.2. The Labute approximate surface area is 165 Å². The molecule has 0 fully saturated rings. The van der Waals surface area contributed by atoms with Crippen LogP contribution in [0.15, 0.2) is 60.9 Å². The van der Waals surface area contributed by atoms with Crippen molar-refractivity contribution < 1.29 is 19.1 Å². The first-order valence-corrected chi connectivity index (χ1v) is 8.70.